The predicted molar refractivity (Wildman–Crippen MR) is 87.5 cm³/mol. The predicted octanol–water partition coefficient (Wildman–Crippen LogP) is 0.873. The molecular weight excluding hydrogens is 344 g/mol. The smallest absolute Gasteiger partial charge is 0.341 e. The van der Waals surface area contributed by atoms with E-state index in [-0.39, 0.29) is 34.5 Å². The SMILES string of the molecule is COC(=O)c1ccc(S(=O)(=O)N2CCC(CN)C2)cc1OC.Cl. The molecule has 0 amide bonds. The number of nitrogens with two attached hydrogens (primary N) is 1. The van der Waals surface area contributed by atoms with Crippen LogP contribution in [0.15, 0.2) is 23.1 Å². The lowest BCUT2D eigenvalue weighted by Gasteiger charge is -2.17. The molecule has 7 nitrogen and oxygen atoms in total. The Labute approximate surface area is 142 Å². The number of hydrogen-bond acceptors (Lipinski definition) is 6. The number of halogens is 1. The number of rotatable bonds is 5. The van der Waals surface area contributed by atoms with E-state index >= 15 is 0 Å². The topological polar surface area (TPSA) is 98.9 Å². The van der Waals surface area contributed by atoms with Crippen molar-refractivity contribution in [2.24, 2.45) is 11.7 Å². The zero-order chi connectivity index (χ0) is 16.3. The molecule has 2 rings (SSSR count). The fraction of sp³-hybridized carbons (Fsp3) is 0.500. The van der Waals surface area contributed by atoms with E-state index in [2.05, 4.69) is 4.74 Å². The fourth-order valence-corrected chi connectivity index (χ4v) is 4.01. The summed E-state index contributed by atoms with van der Waals surface area (Å²) < 4.78 is 36.4. The van der Waals surface area contributed by atoms with Crippen LogP contribution in [0.25, 0.3) is 0 Å². The molecule has 0 aliphatic carbocycles. The maximum atomic E-state index is 12.6. The van der Waals surface area contributed by atoms with Gasteiger partial charge in [0.1, 0.15) is 11.3 Å². The first-order chi connectivity index (χ1) is 10.4. The summed E-state index contributed by atoms with van der Waals surface area (Å²) in [6.07, 6.45) is 0.757. The van der Waals surface area contributed by atoms with Gasteiger partial charge >= 0.3 is 5.97 Å². The van der Waals surface area contributed by atoms with Crippen LogP contribution in [0.5, 0.6) is 5.75 Å². The summed E-state index contributed by atoms with van der Waals surface area (Å²) in [5, 5.41) is 0. The van der Waals surface area contributed by atoms with Crippen molar-refractivity contribution in [3.63, 3.8) is 0 Å². The van der Waals surface area contributed by atoms with Crippen LogP contribution in [0.2, 0.25) is 0 Å². The highest BCUT2D eigenvalue weighted by Crippen LogP contribution is 2.28. The molecule has 9 heteroatoms. The van der Waals surface area contributed by atoms with E-state index in [9.17, 15) is 13.2 Å². The highest BCUT2D eigenvalue weighted by atomic mass is 35.5. The summed E-state index contributed by atoms with van der Waals surface area (Å²) in [6, 6.07) is 4.13. The number of methoxy groups -OCH3 is 2. The molecule has 1 aliphatic heterocycles. The zero-order valence-electron chi connectivity index (χ0n) is 13.0. The Balaban J connectivity index is 0.00000264. The number of benzene rings is 1. The molecule has 1 aliphatic rings. The number of nitrogens with zero attached hydrogens (tertiary/aromatic N) is 1. The van der Waals surface area contributed by atoms with Gasteiger partial charge in [-0.3, -0.25) is 0 Å². The van der Waals surface area contributed by atoms with Crippen molar-refractivity contribution in [2.75, 3.05) is 33.9 Å². The first kappa shape index (κ1) is 19.7. The summed E-state index contributed by atoms with van der Waals surface area (Å²) in [7, 11) is -0.991. The van der Waals surface area contributed by atoms with Crippen LogP contribution < -0.4 is 10.5 Å². The second-order valence-corrected chi connectivity index (χ2v) is 7.05. The quantitative estimate of drug-likeness (QED) is 0.778. The van der Waals surface area contributed by atoms with E-state index in [4.69, 9.17) is 10.5 Å². The van der Waals surface area contributed by atoms with Gasteiger partial charge in [0, 0.05) is 19.2 Å². The van der Waals surface area contributed by atoms with E-state index in [1.54, 1.807) is 0 Å². The van der Waals surface area contributed by atoms with E-state index in [1.807, 2.05) is 0 Å². The molecule has 0 spiro atoms. The highest BCUT2D eigenvalue weighted by Gasteiger charge is 2.32. The van der Waals surface area contributed by atoms with Crippen LogP contribution in [0, 0.1) is 5.92 Å². The molecule has 130 valence electrons. The average molecular weight is 365 g/mol. The summed E-state index contributed by atoms with van der Waals surface area (Å²) in [6.45, 7) is 1.34. The van der Waals surface area contributed by atoms with Gasteiger partial charge < -0.3 is 15.2 Å². The minimum absolute atomic E-state index is 0. The minimum atomic E-state index is -3.62. The Morgan fingerprint density at radius 1 is 1.39 bits per heavy atom. The molecule has 0 aromatic heterocycles. The fourth-order valence-electron chi connectivity index (χ4n) is 2.47. The van der Waals surface area contributed by atoms with Crippen molar-refractivity contribution in [1.82, 2.24) is 4.31 Å². The van der Waals surface area contributed by atoms with Gasteiger partial charge in [-0.1, -0.05) is 0 Å². The molecule has 1 aromatic carbocycles. The third-order valence-corrected chi connectivity index (χ3v) is 5.66. The third-order valence-electron chi connectivity index (χ3n) is 3.80. The Morgan fingerprint density at radius 2 is 2.09 bits per heavy atom. The zero-order valence-corrected chi connectivity index (χ0v) is 14.7. The maximum Gasteiger partial charge on any atom is 0.341 e. The Kier molecular flexibility index (Phi) is 6.82. The lowest BCUT2D eigenvalue weighted by Crippen LogP contribution is -2.30. The number of hydrogen-bond donors (Lipinski definition) is 1. The van der Waals surface area contributed by atoms with Gasteiger partial charge in [-0.05, 0) is 31.0 Å². The first-order valence-corrected chi connectivity index (χ1v) is 8.34. The molecule has 1 atom stereocenters. The molecule has 1 saturated heterocycles. The van der Waals surface area contributed by atoms with Crippen LogP contribution >= 0.6 is 12.4 Å². The van der Waals surface area contributed by atoms with Crippen molar-refractivity contribution in [1.29, 1.82) is 0 Å². The number of sulfonamides is 1. The van der Waals surface area contributed by atoms with Crippen LogP contribution in [0.4, 0.5) is 0 Å². The summed E-state index contributed by atoms with van der Waals surface area (Å²) in [5.74, 6) is -0.223. The minimum Gasteiger partial charge on any atom is -0.496 e. The Morgan fingerprint density at radius 3 is 2.61 bits per heavy atom. The summed E-state index contributed by atoms with van der Waals surface area (Å²) in [5.41, 5.74) is 5.78. The molecule has 1 heterocycles. The average Bonchev–Trinajstić information content (AvgIpc) is 3.03. The molecule has 23 heavy (non-hydrogen) atoms. The lowest BCUT2D eigenvalue weighted by atomic mass is 10.1. The highest BCUT2D eigenvalue weighted by molar-refractivity contribution is 7.89. The molecular formula is C14H21ClN2O5S. The van der Waals surface area contributed by atoms with E-state index in [0.717, 1.165) is 6.42 Å². The third kappa shape index (κ3) is 3.95. The van der Waals surface area contributed by atoms with Crippen LogP contribution in [0.1, 0.15) is 16.8 Å². The molecule has 1 unspecified atom stereocenters. The second kappa shape index (κ2) is 7.96. The van der Waals surface area contributed by atoms with Gasteiger partial charge in [-0.25, -0.2) is 13.2 Å². The molecule has 1 aromatic rings. The van der Waals surface area contributed by atoms with Crippen molar-refractivity contribution in [3.05, 3.63) is 23.8 Å². The Bertz CT molecular complexity index is 665. The van der Waals surface area contributed by atoms with E-state index in [1.165, 1.54) is 36.7 Å². The van der Waals surface area contributed by atoms with Crippen molar-refractivity contribution in [2.45, 2.75) is 11.3 Å². The normalized spacial score (nSPS) is 18.3. The maximum absolute atomic E-state index is 12.6. The van der Waals surface area contributed by atoms with Gasteiger partial charge in [0.2, 0.25) is 10.0 Å². The standard InChI is InChI=1S/C14H20N2O5S.ClH/c1-20-13-7-11(3-4-12(13)14(17)21-2)22(18,19)16-6-5-10(8-15)9-16;/h3-4,7,10H,5-6,8-9,15H2,1-2H3;1H. The molecule has 0 bridgehead atoms. The number of ether oxygens (including phenoxy) is 2. The van der Waals surface area contributed by atoms with Gasteiger partial charge in [-0.15, -0.1) is 12.4 Å². The molecule has 0 saturated carbocycles. The van der Waals surface area contributed by atoms with Gasteiger partial charge in [-0.2, -0.15) is 4.31 Å². The Hall–Kier alpha value is -1.35. The van der Waals surface area contributed by atoms with Crippen LogP contribution in [-0.2, 0) is 14.8 Å². The molecule has 0 radical (unpaired) electrons. The second-order valence-electron chi connectivity index (χ2n) is 5.11. The largest absolute Gasteiger partial charge is 0.496 e. The summed E-state index contributed by atoms with van der Waals surface area (Å²) in [4.78, 5) is 11.7. The summed E-state index contributed by atoms with van der Waals surface area (Å²) >= 11 is 0. The van der Waals surface area contributed by atoms with Crippen LogP contribution in [0.3, 0.4) is 0 Å². The van der Waals surface area contributed by atoms with E-state index in [0.29, 0.717) is 19.6 Å². The van der Waals surface area contributed by atoms with Gasteiger partial charge in [0.05, 0.1) is 19.1 Å². The van der Waals surface area contributed by atoms with Gasteiger partial charge in [0.15, 0.2) is 0 Å². The lowest BCUT2D eigenvalue weighted by molar-refractivity contribution is 0.0597. The van der Waals surface area contributed by atoms with Crippen molar-refractivity contribution in [3.8, 4) is 5.75 Å². The monoisotopic (exact) mass is 364 g/mol. The molecule has 1 fully saturated rings. The van der Waals surface area contributed by atoms with Crippen LogP contribution in [-0.4, -0.2) is 52.5 Å². The van der Waals surface area contributed by atoms with Crippen molar-refractivity contribution >= 4 is 28.4 Å². The number of esters is 1. The molecule has 2 N–H and O–H groups in total. The number of carbonyl (C=O) groups excluding carboxylic acids is 1. The van der Waals surface area contributed by atoms with Gasteiger partial charge in [0.25, 0.3) is 0 Å². The number of carbonyl (C=O) groups is 1. The van der Waals surface area contributed by atoms with Crippen molar-refractivity contribution < 1.29 is 22.7 Å². The van der Waals surface area contributed by atoms with E-state index < -0.39 is 16.0 Å². The first-order valence-electron chi connectivity index (χ1n) is 6.90.